The second-order valence-electron chi connectivity index (χ2n) is 5.47. The lowest BCUT2D eigenvalue weighted by Crippen LogP contribution is -1.99. The van der Waals surface area contributed by atoms with Gasteiger partial charge in [0.05, 0.1) is 5.69 Å². The molecule has 2 aromatic heterocycles. The highest BCUT2D eigenvalue weighted by Crippen LogP contribution is 2.27. The SMILES string of the molecule is O=C(O)c1[nH]nnc1-c1ccc(-c2ccc(-c3ccn[nH]3)cc2)cc1. The first-order chi connectivity index (χ1) is 12.2. The molecule has 7 nitrogen and oxygen atoms in total. The van der Waals surface area contributed by atoms with Gasteiger partial charge in [-0.25, -0.2) is 4.79 Å². The summed E-state index contributed by atoms with van der Waals surface area (Å²) in [6.45, 7) is 0. The van der Waals surface area contributed by atoms with E-state index < -0.39 is 5.97 Å². The van der Waals surface area contributed by atoms with Crippen LogP contribution in [0.2, 0.25) is 0 Å². The van der Waals surface area contributed by atoms with Crippen LogP contribution in [0, 0.1) is 0 Å². The summed E-state index contributed by atoms with van der Waals surface area (Å²) in [5, 5.41) is 25.8. The molecule has 4 aromatic rings. The molecule has 0 unspecified atom stereocenters. The highest BCUT2D eigenvalue weighted by Gasteiger charge is 2.15. The first-order valence-corrected chi connectivity index (χ1v) is 7.57. The number of hydrogen-bond donors (Lipinski definition) is 3. The van der Waals surface area contributed by atoms with Crippen LogP contribution in [0.5, 0.6) is 0 Å². The molecule has 0 atom stereocenters. The Kier molecular flexibility index (Phi) is 3.59. The Morgan fingerprint density at radius 2 is 1.40 bits per heavy atom. The molecule has 0 bridgehead atoms. The molecule has 0 aliphatic rings. The molecule has 0 saturated carbocycles. The number of nitrogens with one attached hydrogen (secondary N) is 2. The third kappa shape index (κ3) is 2.78. The fraction of sp³-hybridized carbons (Fsp3) is 0. The van der Waals surface area contributed by atoms with Crippen molar-refractivity contribution in [1.82, 2.24) is 25.6 Å². The summed E-state index contributed by atoms with van der Waals surface area (Å²) in [5.74, 6) is -1.08. The van der Waals surface area contributed by atoms with Crippen molar-refractivity contribution in [3.63, 3.8) is 0 Å². The standard InChI is InChI=1S/C18H13N5O2/c24-18(25)17-16(21-23-22-17)14-7-3-12(4-8-14)11-1-5-13(6-2-11)15-9-10-19-20-15/h1-10H,(H,19,20)(H,24,25)(H,21,22,23). The van der Waals surface area contributed by atoms with Gasteiger partial charge in [0.25, 0.3) is 0 Å². The van der Waals surface area contributed by atoms with Crippen molar-refractivity contribution in [3.05, 3.63) is 66.5 Å². The summed E-state index contributed by atoms with van der Waals surface area (Å²) in [7, 11) is 0. The molecule has 7 heteroatoms. The van der Waals surface area contributed by atoms with Crippen molar-refractivity contribution >= 4 is 5.97 Å². The molecule has 0 radical (unpaired) electrons. The largest absolute Gasteiger partial charge is 0.476 e. The minimum Gasteiger partial charge on any atom is -0.476 e. The molecule has 0 aliphatic carbocycles. The lowest BCUT2D eigenvalue weighted by molar-refractivity contribution is 0.0691. The van der Waals surface area contributed by atoms with Gasteiger partial charge in [0.1, 0.15) is 5.69 Å². The average Bonchev–Trinajstić information content (AvgIpc) is 3.34. The van der Waals surface area contributed by atoms with E-state index in [2.05, 4.69) is 25.6 Å². The maximum absolute atomic E-state index is 11.2. The van der Waals surface area contributed by atoms with Crippen molar-refractivity contribution in [2.45, 2.75) is 0 Å². The normalized spacial score (nSPS) is 10.7. The number of carboxylic acid groups (broad SMARTS) is 1. The van der Waals surface area contributed by atoms with E-state index in [1.807, 2.05) is 54.6 Å². The number of aromatic carboxylic acids is 1. The Hall–Kier alpha value is -3.74. The van der Waals surface area contributed by atoms with Gasteiger partial charge in [0, 0.05) is 11.8 Å². The smallest absolute Gasteiger partial charge is 0.356 e. The van der Waals surface area contributed by atoms with E-state index in [9.17, 15) is 4.79 Å². The minimum absolute atomic E-state index is 0.0170. The van der Waals surface area contributed by atoms with Crippen molar-refractivity contribution < 1.29 is 9.90 Å². The molecular formula is C18H13N5O2. The number of carboxylic acids is 1. The fourth-order valence-electron chi connectivity index (χ4n) is 2.66. The molecule has 2 heterocycles. The monoisotopic (exact) mass is 331 g/mol. The number of H-pyrrole nitrogens is 2. The number of aromatic nitrogens is 5. The van der Waals surface area contributed by atoms with Gasteiger partial charge in [-0.05, 0) is 22.8 Å². The molecule has 0 fully saturated rings. The summed E-state index contributed by atoms with van der Waals surface area (Å²) in [4.78, 5) is 11.2. The van der Waals surface area contributed by atoms with E-state index in [-0.39, 0.29) is 5.69 Å². The van der Waals surface area contributed by atoms with E-state index in [0.717, 1.165) is 22.4 Å². The Morgan fingerprint density at radius 1 is 0.800 bits per heavy atom. The molecule has 0 saturated heterocycles. The molecular weight excluding hydrogens is 318 g/mol. The molecule has 0 aliphatic heterocycles. The lowest BCUT2D eigenvalue weighted by Gasteiger charge is -2.05. The van der Waals surface area contributed by atoms with Gasteiger partial charge in [0.2, 0.25) is 0 Å². The second kappa shape index (κ2) is 6.04. The Morgan fingerprint density at radius 3 is 1.96 bits per heavy atom. The summed E-state index contributed by atoms with van der Waals surface area (Å²) in [5.41, 5.74) is 5.13. The van der Waals surface area contributed by atoms with E-state index in [1.165, 1.54) is 0 Å². The van der Waals surface area contributed by atoms with Crippen molar-refractivity contribution in [3.8, 4) is 33.6 Å². The Labute approximate surface area is 142 Å². The predicted octanol–water partition coefficient (Wildman–Crippen LogP) is 3.23. The van der Waals surface area contributed by atoms with Crippen LogP contribution >= 0.6 is 0 Å². The molecule has 0 spiro atoms. The maximum Gasteiger partial charge on any atom is 0.356 e. The number of carbonyl (C=O) groups is 1. The van der Waals surface area contributed by atoms with Crippen LogP contribution in [0.1, 0.15) is 10.5 Å². The van der Waals surface area contributed by atoms with Gasteiger partial charge in [-0.15, -0.1) is 5.10 Å². The number of benzene rings is 2. The zero-order valence-corrected chi connectivity index (χ0v) is 13.0. The maximum atomic E-state index is 11.2. The van der Waals surface area contributed by atoms with E-state index >= 15 is 0 Å². The Balaban J connectivity index is 1.62. The summed E-state index contributed by atoms with van der Waals surface area (Å²) >= 11 is 0. The van der Waals surface area contributed by atoms with E-state index in [0.29, 0.717) is 11.3 Å². The molecule has 4 rings (SSSR count). The number of hydrogen-bond acceptors (Lipinski definition) is 4. The van der Waals surface area contributed by atoms with Crippen LogP contribution in [-0.4, -0.2) is 36.7 Å². The van der Waals surface area contributed by atoms with Gasteiger partial charge in [0.15, 0.2) is 5.69 Å². The molecule has 3 N–H and O–H groups in total. The van der Waals surface area contributed by atoms with Gasteiger partial charge >= 0.3 is 5.97 Å². The fourth-order valence-corrected chi connectivity index (χ4v) is 2.66. The molecule has 2 aromatic carbocycles. The first-order valence-electron chi connectivity index (χ1n) is 7.57. The van der Waals surface area contributed by atoms with E-state index in [4.69, 9.17) is 5.11 Å². The van der Waals surface area contributed by atoms with Gasteiger partial charge in [-0.1, -0.05) is 53.7 Å². The lowest BCUT2D eigenvalue weighted by atomic mass is 10.0. The highest BCUT2D eigenvalue weighted by molar-refractivity contribution is 5.92. The minimum atomic E-state index is -1.08. The Bertz CT molecular complexity index is 1000. The number of rotatable bonds is 4. The third-order valence-corrected chi connectivity index (χ3v) is 3.95. The second-order valence-corrected chi connectivity index (χ2v) is 5.47. The van der Waals surface area contributed by atoms with Crippen LogP contribution in [0.25, 0.3) is 33.6 Å². The summed E-state index contributed by atoms with van der Waals surface area (Å²) < 4.78 is 0. The predicted molar refractivity (Wildman–Crippen MR) is 91.8 cm³/mol. The van der Waals surface area contributed by atoms with Crippen molar-refractivity contribution in [2.24, 2.45) is 0 Å². The van der Waals surface area contributed by atoms with Crippen LogP contribution in [0.4, 0.5) is 0 Å². The van der Waals surface area contributed by atoms with Crippen LogP contribution in [0.15, 0.2) is 60.8 Å². The zero-order chi connectivity index (χ0) is 17.2. The van der Waals surface area contributed by atoms with Gasteiger partial charge in [-0.3, -0.25) is 10.2 Å². The van der Waals surface area contributed by atoms with Crippen LogP contribution in [-0.2, 0) is 0 Å². The highest BCUT2D eigenvalue weighted by atomic mass is 16.4. The van der Waals surface area contributed by atoms with Crippen LogP contribution in [0.3, 0.4) is 0 Å². The van der Waals surface area contributed by atoms with Crippen molar-refractivity contribution in [2.75, 3.05) is 0 Å². The zero-order valence-electron chi connectivity index (χ0n) is 13.0. The summed E-state index contributed by atoms with van der Waals surface area (Å²) in [6, 6.07) is 17.6. The topological polar surface area (TPSA) is 108 Å². The van der Waals surface area contributed by atoms with Crippen molar-refractivity contribution in [1.29, 1.82) is 0 Å². The van der Waals surface area contributed by atoms with Gasteiger partial charge < -0.3 is 5.11 Å². The van der Waals surface area contributed by atoms with E-state index in [1.54, 1.807) is 6.20 Å². The molecule has 0 amide bonds. The summed E-state index contributed by atoms with van der Waals surface area (Å²) in [6.07, 6.45) is 1.72. The van der Waals surface area contributed by atoms with Gasteiger partial charge in [-0.2, -0.15) is 5.10 Å². The average molecular weight is 331 g/mol. The van der Waals surface area contributed by atoms with Crippen LogP contribution < -0.4 is 0 Å². The molecule has 122 valence electrons. The number of aromatic amines is 2. The number of nitrogens with zero attached hydrogens (tertiary/aromatic N) is 3. The quantitative estimate of drug-likeness (QED) is 0.532. The molecule has 25 heavy (non-hydrogen) atoms. The third-order valence-electron chi connectivity index (χ3n) is 3.95. The first kappa shape index (κ1) is 14.8.